The molecule has 9 nitrogen and oxygen atoms in total. The molecule has 0 saturated carbocycles. The lowest BCUT2D eigenvalue weighted by Crippen LogP contribution is -2.59. The Kier molecular flexibility index (Phi) is 35.9. The molecule has 1 fully saturated rings. The number of carbonyl (C=O) groups excluding carboxylic acids is 1. The number of aliphatic hydroxyl groups is 4. The van der Waals surface area contributed by atoms with E-state index in [0.717, 1.165) is 51.4 Å². The van der Waals surface area contributed by atoms with E-state index < -0.39 is 43.4 Å². The number of ether oxygens (including phenoxy) is 4. The topological polar surface area (TPSA) is 135 Å². The third-order valence-electron chi connectivity index (χ3n) is 10.6. The van der Waals surface area contributed by atoms with Gasteiger partial charge in [0.1, 0.15) is 30.5 Å². The molecule has 6 unspecified atom stereocenters. The molecule has 0 bridgehead atoms. The first-order chi connectivity index (χ1) is 26.9. The first-order valence-corrected chi connectivity index (χ1v) is 22.9. The molecule has 0 aromatic carbocycles. The fourth-order valence-electron chi connectivity index (χ4n) is 6.99. The van der Waals surface area contributed by atoms with E-state index in [-0.39, 0.29) is 19.2 Å². The summed E-state index contributed by atoms with van der Waals surface area (Å²) in [7, 11) is 0. The van der Waals surface area contributed by atoms with Gasteiger partial charge in [-0.1, -0.05) is 173 Å². The summed E-state index contributed by atoms with van der Waals surface area (Å²) >= 11 is 0. The third-order valence-corrected chi connectivity index (χ3v) is 10.6. The molecule has 1 saturated heterocycles. The van der Waals surface area contributed by atoms with Gasteiger partial charge in [0.25, 0.3) is 0 Å². The second-order valence-electron chi connectivity index (χ2n) is 15.9. The summed E-state index contributed by atoms with van der Waals surface area (Å²) in [5.74, 6) is -0.315. The van der Waals surface area contributed by atoms with Gasteiger partial charge in [-0.05, 0) is 44.9 Å². The molecule has 0 radical (unpaired) electrons. The van der Waals surface area contributed by atoms with Crippen molar-refractivity contribution < 1.29 is 44.2 Å². The molecule has 324 valence electrons. The number of hydrogen-bond acceptors (Lipinski definition) is 9. The van der Waals surface area contributed by atoms with Gasteiger partial charge in [-0.3, -0.25) is 4.79 Å². The number of allylic oxidation sites excluding steroid dienone is 4. The molecule has 4 N–H and O–H groups in total. The molecule has 0 spiro atoms. The first-order valence-electron chi connectivity index (χ1n) is 22.9. The summed E-state index contributed by atoms with van der Waals surface area (Å²) < 4.78 is 22.8. The van der Waals surface area contributed by atoms with Crippen molar-refractivity contribution in [3.63, 3.8) is 0 Å². The number of aliphatic hydroxyl groups excluding tert-OH is 4. The second-order valence-corrected chi connectivity index (χ2v) is 15.9. The van der Waals surface area contributed by atoms with Gasteiger partial charge in [-0.15, -0.1) is 0 Å². The summed E-state index contributed by atoms with van der Waals surface area (Å²) in [6.07, 6.45) is 36.3. The smallest absolute Gasteiger partial charge is 0.306 e. The van der Waals surface area contributed by atoms with Crippen LogP contribution in [0.25, 0.3) is 0 Å². The van der Waals surface area contributed by atoms with Gasteiger partial charge < -0.3 is 39.4 Å². The maximum Gasteiger partial charge on any atom is 0.306 e. The molecule has 0 aromatic heterocycles. The van der Waals surface area contributed by atoms with Gasteiger partial charge in [0.15, 0.2) is 6.29 Å². The molecule has 9 heteroatoms. The average molecular weight is 783 g/mol. The Hall–Kier alpha value is -1.33. The fraction of sp³-hybridized carbons (Fsp3) is 0.891. The van der Waals surface area contributed by atoms with Gasteiger partial charge in [0.05, 0.1) is 19.8 Å². The highest BCUT2D eigenvalue weighted by molar-refractivity contribution is 5.69. The third kappa shape index (κ3) is 29.5. The average Bonchev–Trinajstić information content (AvgIpc) is 3.18. The minimum absolute atomic E-state index is 0.114. The maximum absolute atomic E-state index is 12.8. The van der Waals surface area contributed by atoms with Crippen LogP contribution in [-0.2, 0) is 23.7 Å². The van der Waals surface area contributed by atoms with Crippen molar-refractivity contribution in [1.82, 2.24) is 0 Å². The highest BCUT2D eigenvalue weighted by Crippen LogP contribution is 2.23. The Balaban J connectivity index is 2.26. The minimum atomic E-state index is -1.54. The normalized spacial score (nSPS) is 20.9. The Morgan fingerprint density at radius 2 is 1.05 bits per heavy atom. The van der Waals surface area contributed by atoms with E-state index in [2.05, 4.69) is 38.2 Å². The highest BCUT2D eigenvalue weighted by atomic mass is 16.7. The summed E-state index contributed by atoms with van der Waals surface area (Å²) in [5, 5.41) is 40.1. The predicted molar refractivity (Wildman–Crippen MR) is 224 cm³/mol. The van der Waals surface area contributed by atoms with Crippen molar-refractivity contribution in [3.8, 4) is 0 Å². The molecule has 55 heavy (non-hydrogen) atoms. The van der Waals surface area contributed by atoms with Crippen LogP contribution in [0.5, 0.6) is 0 Å². The van der Waals surface area contributed by atoms with Crippen LogP contribution < -0.4 is 0 Å². The molecule has 1 aliphatic rings. The lowest BCUT2D eigenvalue weighted by Gasteiger charge is -2.39. The van der Waals surface area contributed by atoms with Crippen LogP contribution in [0.3, 0.4) is 0 Å². The number of rotatable bonds is 39. The van der Waals surface area contributed by atoms with E-state index >= 15 is 0 Å². The van der Waals surface area contributed by atoms with Gasteiger partial charge in [0.2, 0.25) is 0 Å². The summed E-state index contributed by atoms with van der Waals surface area (Å²) in [6.45, 7) is 4.53. The second kappa shape index (κ2) is 38.2. The molecular formula is C46H86O9. The Morgan fingerprint density at radius 1 is 0.582 bits per heavy atom. The Bertz CT molecular complexity index is 895. The lowest BCUT2D eigenvalue weighted by atomic mass is 9.99. The summed E-state index contributed by atoms with van der Waals surface area (Å²) in [6, 6.07) is 0. The SMILES string of the molecule is CCCCC/C=C\C/C=C\CCCCCCCCOCC(COC1OC(CO)C(O)C(O)C1O)OC(=O)CCCCCCCCCCCCCCCCCC. The molecular weight excluding hydrogens is 696 g/mol. The minimum Gasteiger partial charge on any atom is -0.457 e. The van der Waals surface area contributed by atoms with Crippen molar-refractivity contribution in [1.29, 1.82) is 0 Å². The zero-order valence-corrected chi connectivity index (χ0v) is 35.4. The van der Waals surface area contributed by atoms with E-state index in [1.54, 1.807) is 0 Å². The number of esters is 1. The van der Waals surface area contributed by atoms with Gasteiger partial charge >= 0.3 is 5.97 Å². The maximum atomic E-state index is 12.8. The number of hydrogen-bond donors (Lipinski definition) is 4. The largest absolute Gasteiger partial charge is 0.457 e. The van der Waals surface area contributed by atoms with E-state index in [9.17, 15) is 25.2 Å². The van der Waals surface area contributed by atoms with E-state index in [1.165, 1.54) is 128 Å². The highest BCUT2D eigenvalue weighted by Gasteiger charge is 2.44. The van der Waals surface area contributed by atoms with Crippen molar-refractivity contribution >= 4 is 5.97 Å². The molecule has 0 amide bonds. The van der Waals surface area contributed by atoms with Crippen LogP contribution in [0.1, 0.15) is 200 Å². The van der Waals surface area contributed by atoms with Crippen molar-refractivity contribution in [3.05, 3.63) is 24.3 Å². The van der Waals surface area contributed by atoms with Crippen LogP contribution in [-0.4, -0.2) is 89.6 Å². The van der Waals surface area contributed by atoms with Crippen molar-refractivity contribution in [2.75, 3.05) is 26.4 Å². The van der Waals surface area contributed by atoms with Crippen LogP contribution in [0, 0.1) is 0 Å². The quantitative estimate of drug-likeness (QED) is 0.0273. The zero-order chi connectivity index (χ0) is 40.0. The zero-order valence-electron chi connectivity index (χ0n) is 35.4. The Morgan fingerprint density at radius 3 is 1.60 bits per heavy atom. The molecule has 0 aliphatic carbocycles. The van der Waals surface area contributed by atoms with E-state index in [0.29, 0.717) is 13.0 Å². The molecule has 1 heterocycles. The van der Waals surface area contributed by atoms with Gasteiger partial charge in [0, 0.05) is 13.0 Å². The van der Waals surface area contributed by atoms with Crippen molar-refractivity contribution in [2.45, 2.75) is 237 Å². The Labute approximate surface area is 337 Å². The lowest BCUT2D eigenvalue weighted by molar-refractivity contribution is -0.305. The van der Waals surface area contributed by atoms with E-state index in [4.69, 9.17) is 18.9 Å². The molecule has 1 rings (SSSR count). The van der Waals surface area contributed by atoms with Crippen LogP contribution in [0.2, 0.25) is 0 Å². The number of carbonyl (C=O) groups is 1. The molecule has 1 aliphatic heterocycles. The van der Waals surface area contributed by atoms with E-state index in [1.807, 2.05) is 0 Å². The summed E-state index contributed by atoms with van der Waals surface area (Å²) in [4.78, 5) is 12.8. The van der Waals surface area contributed by atoms with Gasteiger partial charge in [-0.2, -0.15) is 0 Å². The van der Waals surface area contributed by atoms with Crippen molar-refractivity contribution in [2.24, 2.45) is 0 Å². The standard InChI is InChI=1S/C46H86O9/c1-3-5-7-9-11-13-15-17-19-21-23-25-27-29-31-33-35-42(48)54-40(39-53-46-45(51)44(50)43(49)41(37-47)55-46)38-52-36-34-32-30-28-26-24-22-20-18-16-14-12-10-8-6-4-2/h12,14,18,20,40-41,43-47,49-51H,3-11,13,15-17,19,21-39H2,1-2H3/b14-12-,20-18-. The van der Waals surface area contributed by atoms with Crippen LogP contribution in [0.15, 0.2) is 24.3 Å². The fourth-order valence-corrected chi connectivity index (χ4v) is 6.99. The molecule has 6 atom stereocenters. The first kappa shape index (κ1) is 51.7. The van der Waals surface area contributed by atoms with Gasteiger partial charge in [-0.25, -0.2) is 0 Å². The summed E-state index contributed by atoms with van der Waals surface area (Å²) in [5.41, 5.74) is 0. The number of unbranched alkanes of at least 4 members (excludes halogenated alkanes) is 24. The van der Waals surface area contributed by atoms with Crippen LogP contribution in [0.4, 0.5) is 0 Å². The van der Waals surface area contributed by atoms with Crippen LogP contribution >= 0.6 is 0 Å². The molecule has 0 aromatic rings. The monoisotopic (exact) mass is 783 g/mol. The predicted octanol–water partition coefficient (Wildman–Crippen LogP) is 10.2.